The van der Waals surface area contributed by atoms with E-state index in [0.717, 1.165) is 0 Å². The Morgan fingerprint density at radius 3 is 2.58 bits per heavy atom. The summed E-state index contributed by atoms with van der Waals surface area (Å²) in [7, 11) is 0. The van der Waals surface area contributed by atoms with Crippen LogP contribution in [0.3, 0.4) is 0 Å². The minimum atomic E-state index is -0.394. The zero-order valence-corrected chi connectivity index (χ0v) is 17.9. The zero-order valence-electron chi connectivity index (χ0n) is 16.4. The van der Waals surface area contributed by atoms with E-state index in [1.807, 2.05) is 6.07 Å². The molecule has 1 heterocycles. The first-order valence-corrected chi connectivity index (χ1v) is 10.1. The quantitative estimate of drug-likeness (QED) is 0.460. The van der Waals surface area contributed by atoms with Gasteiger partial charge in [0.15, 0.2) is 6.61 Å². The topological polar surface area (TPSA) is 73.2 Å². The summed E-state index contributed by atoms with van der Waals surface area (Å²) in [5.74, 6) is 0.646. The van der Waals surface area contributed by atoms with Crippen molar-refractivity contribution in [3.8, 4) is 11.4 Å². The summed E-state index contributed by atoms with van der Waals surface area (Å²) >= 11 is 12.1. The van der Waals surface area contributed by atoms with Crippen molar-refractivity contribution in [2.75, 3.05) is 11.9 Å². The average Bonchev–Trinajstić information content (AvgIpc) is 2.75. The molecule has 0 atom stereocenters. The lowest BCUT2D eigenvalue weighted by Gasteiger charge is -2.14. The van der Waals surface area contributed by atoms with Gasteiger partial charge in [-0.05, 0) is 61.5 Å². The lowest BCUT2D eigenvalue weighted by atomic mass is 10.2. The number of amides is 1. The lowest BCUT2D eigenvalue weighted by molar-refractivity contribution is -0.118. The number of para-hydroxylation sites is 1. The molecule has 1 N–H and O–H groups in total. The van der Waals surface area contributed by atoms with Gasteiger partial charge < -0.3 is 10.1 Å². The van der Waals surface area contributed by atoms with E-state index in [-0.39, 0.29) is 12.2 Å². The minimum absolute atomic E-state index is 0.200. The van der Waals surface area contributed by atoms with Crippen molar-refractivity contribution in [2.45, 2.75) is 6.92 Å². The molecular formula is C23H17Cl2N3O3. The molecule has 0 spiro atoms. The normalized spacial score (nSPS) is 10.8. The number of carbonyl (C=O) groups is 1. The van der Waals surface area contributed by atoms with Crippen LogP contribution in [0.15, 0.2) is 71.5 Å². The van der Waals surface area contributed by atoms with Crippen LogP contribution in [0, 0.1) is 6.92 Å². The van der Waals surface area contributed by atoms with E-state index in [1.165, 1.54) is 4.57 Å². The van der Waals surface area contributed by atoms with Crippen LogP contribution in [-0.2, 0) is 4.79 Å². The van der Waals surface area contributed by atoms with Crippen LogP contribution in [0.1, 0.15) is 5.82 Å². The fourth-order valence-corrected chi connectivity index (χ4v) is 3.45. The predicted octanol–water partition coefficient (Wildman–Crippen LogP) is 5.02. The van der Waals surface area contributed by atoms with Crippen LogP contribution < -0.4 is 15.6 Å². The Hall–Kier alpha value is -3.35. The summed E-state index contributed by atoms with van der Waals surface area (Å²) < 4.78 is 6.94. The van der Waals surface area contributed by atoms with Gasteiger partial charge in [-0.1, -0.05) is 35.3 Å². The highest BCUT2D eigenvalue weighted by Crippen LogP contribution is 2.25. The Balaban J connectivity index is 1.59. The molecule has 0 saturated heterocycles. The molecule has 0 aliphatic rings. The Labute approximate surface area is 188 Å². The largest absolute Gasteiger partial charge is 0.484 e. The van der Waals surface area contributed by atoms with Gasteiger partial charge in [-0.3, -0.25) is 14.2 Å². The van der Waals surface area contributed by atoms with E-state index >= 15 is 0 Å². The van der Waals surface area contributed by atoms with Crippen LogP contribution in [0.2, 0.25) is 10.0 Å². The fraction of sp³-hybridized carbons (Fsp3) is 0.0870. The zero-order chi connectivity index (χ0) is 22.0. The van der Waals surface area contributed by atoms with Crippen molar-refractivity contribution in [1.29, 1.82) is 0 Å². The molecule has 0 unspecified atom stereocenters. The molecule has 1 amide bonds. The van der Waals surface area contributed by atoms with Crippen LogP contribution in [0.4, 0.5) is 5.69 Å². The number of nitrogens with zero attached hydrogens (tertiary/aromatic N) is 2. The van der Waals surface area contributed by atoms with E-state index < -0.39 is 5.91 Å². The van der Waals surface area contributed by atoms with Gasteiger partial charge in [0.05, 0.1) is 27.3 Å². The highest BCUT2D eigenvalue weighted by Gasteiger charge is 2.13. The minimum Gasteiger partial charge on any atom is -0.484 e. The fourth-order valence-electron chi connectivity index (χ4n) is 3.16. The second-order valence-electron chi connectivity index (χ2n) is 6.77. The molecule has 0 aliphatic carbocycles. The SMILES string of the molecule is Cc1nc2ccccc2c(=O)n1-c1ccc(Cl)c(NC(=O)COc2ccc(Cl)cc2)c1. The van der Waals surface area contributed by atoms with Gasteiger partial charge in [0.1, 0.15) is 11.6 Å². The summed E-state index contributed by atoms with van der Waals surface area (Å²) in [5, 5.41) is 4.14. The molecule has 0 radical (unpaired) electrons. The van der Waals surface area contributed by atoms with Gasteiger partial charge in [-0.2, -0.15) is 0 Å². The van der Waals surface area contributed by atoms with Crippen molar-refractivity contribution in [3.63, 3.8) is 0 Å². The Morgan fingerprint density at radius 2 is 1.81 bits per heavy atom. The van der Waals surface area contributed by atoms with E-state index in [4.69, 9.17) is 27.9 Å². The maximum atomic E-state index is 13.0. The molecule has 8 heteroatoms. The molecule has 0 saturated carbocycles. The van der Waals surface area contributed by atoms with Gasteiger partial charge in [-0.15, -0.1) is 0 Å². The number of ether oxygens (including phenoxy) is 1. The molecule has 3 aromatic carbocycles. The van der Waals surface area contributed by atoms with Crippen molar-refractivity contribution in [1.82, 2.24) is 9.55 Å². The summed E-state index contributed by atoms with van der Waals surface area (Å²) in [4.78, 5) is 29.9. The molecular weight excluding hydrogens is 437 g/mol. The first-order valence-electron chi connectivity index (χ1n) is 9.39. The Kier molecular flexibility index (Phi) is 5.93. The Morgan fingerprint density at radius 1 is 1.06 bits per heavy atom. The highest BCUT2D eigenvalue weighted by atomic mass is 35.5. The summed E-state index contributed by atoms with van der Waals surface area (Å²) in [6.45, 7) is 1.54. The molecule has 4 rings (SSSR count). The number of hydrogen-bond donors (Lipinski definition) is 1. The highest BCUT2D eigenvalue weighted by molar-refractivity contribution is 6.33. The van der Waals surface area contributed by atoms with E-state index in [2.05, 4.69) is 10.3 Å². The molecule has 0 bridgehead atoms. The maximum Gasteiger partial charge on any atom is 0.265 e. The van der Waals surface area contributed by atoms with E-state index in [1.54, 1.807) is 67.6 Å². The number of nitrogens with one attached hydrogen (secondary N) is 1. The molecule has 0 aliphatic heterocycles. The summed E-state index contributed by atoms with van der Waals surface area (Å²) in [5.41, 5.74) is 1.33. The third-order valence-corrected chi connectivity index (χ3v) is 5.19. The first-order chi connectivity index (χ1) is 14.9. The monoisotopic (exact) mass is 453 g/mol. The summed E-state index contributed by atoms with van der Waals surface area (Å²) in [6, 6.07) is 18.8. The molecule has 1 aromatic heterocycles. The van der Waals surface area contributed by atoms with Crippen LogP contribution >= 0.6 is 23.2 Å². The second-order valence-corrected chi connectivity index (χ2v) is 7.62. The third-order valence-electron chi connectivity index (χ3n) is 4.61. The molecule has 6 nitrogen and oxygen atoms in total. The van der Waals surface area contributed by atoms with Gasteiger partial charge in [0, 0.05) is 5.02 Å². The lowest BCUT2D eigenvalue weighted by Crippen LogP contribution is -2.23. The number of fused-ring (bicyclic) bond motifs is 1. The smallest absolute Gasteiger partial charge is 0.265 e. The average molecular weight is 454 g/mol. The van der Waals surface area contributed by atoms with E-state index in [0.29, 0.717) is 43.9 Å². The number of aryl methyl sites for hydroxylation is 1. The maximum absolute atomic E-state index is 13.0. The van der Waals surface area contributed by atoms with Crippen molar-refractivity contribution < 1.29 is 9.53 Å². The third kappa shape index (κ3) is 4.55. The predicted molar refractivity (Wildman–Crippen MR) is 123 cm³/mol. The number of aromatic nitrogens is 2. The van der Waals surface area contributed by atoms with Crippen molar-refractivity contribution >= 4 is 45.7 Å². The second kappa shape index (κ2) is 8.79. The Bertz CT molecular complexity index is 1330. The summed E-state index contributed by atoms with van der Waals surface area (Å²) in [6.07, 6.45) is 0. The molecule has 31 heavy (non-hydrogen) atoms. The number of carbonyl (C=O) groups excluding carboxylic acids is 1. The standard InChI is InChI=1S/C23H17Cl2N3O3/c1-14-26-20-5-3-2-4-18(20)23(30)28(14)16-8-11-19(25)21(12-16)27-22(29)13-31-17-9-6-15(24)7-10-17/h2-12H,13H2,1H3,(H,27,29). The molecule has 156 valence electrons. The van der Waals surface area contributed by atoms with Gasteiger partial charge in [0.25, 0.3) is 11.5 Å². The number of rotatable bonds is 5. The van der Waals surface area contributed by atoms with E-state index in [9.17, 15) is 9.59 Å². The van der Waals surface area contributed by atoms with Gasteiger partial charge >= 0.3 is 0 Å². The van der Waals surface area contributed by atoms with Gasteiger partial charge in [-0.25, -0.2) is 4.98 Å². The van der Waals surface area contributed by atoms with Crippen LogP contribution in [0.5, 0.6) is 5.75 Å². The number of halogens is 2. The van der Waals surface area contributed by atoms with Crippen molar-refractivity contribution in [2.24, 2.45) is 0 Å². The van der Waals surface area contributed by atoms with Crippen LogP contribution in [-0.4, -0.2) is 22.1 Å². The van der Waals surface area contributed by atoms with Crippen LogP contribution in [0.25, 0.3) is 16.6 Å². The number of hydrogen-bond acceptors (Lipinski definition) is 4. The van der Waals surface area contributed by atoms with Gasteiger partial charge in [0.2, 0.25) is 0 Å². The molecule has 0 fully saturated rings. The first kappa shape index (κ1) is 20.9. The number of benzene rings is 3. The number of anilines is 1. The van der Waals surface area contributed by atoms with Crippen molar-refractivity contribution in [3.05, 3.63) is 93.0 Å². The molecule has 4 aromatic rings.